The lowest BCUT2D eigenvalue weighted by molar-refractivity contribution is -0.136. The number of furan rings is 1. The van der Waals surface area contributed by atoms with Gasteiger partial charge in [0.1, 0.15) is 5.76 Å². The number of carbonyl (C=O) groups excluding carboxylic acids is 2. The molecular formula is C24H25N3O3. The summed E-state index contributed by atoms with van der Waals surface area (Å²) in [6, 6.07) is 19.3. The van der Waals surface area contributed by atoms with E-state index in [2.05, 4.69) is 33.7 Å². The highest BCUT2D eigenvalue weighted by atomic mass is 16.3. The number of hydrogen-bond acceptors (Lipinski definition) is 4. The molecule has 1 aliphatic heterocycles. The largest absolute Gasteiger partial charge is 0.468 e. The van der Waals surface area contributed by atoms with Gasteiger partial charge in [0.25, 0.3) is 0 Å². The molecule has 2 aromatic carbocycles. The Morgan fingerprint density at radius 3 is 2.63 bits per heavy atom. The maximum absolute atomic E-state index is 12.4. The fourth-order valence-electron chi connectivity index (χ4n) is 3.85. The van der Waals surface area contributed by atoms with E-state index in [1.54, 1.807) is 12.3 Å². The van der Waals surface area contributed by atoms with Gasteiger partial charge in [-0.25, -0.2) is 0 Å². The molecule has 4 rings (SSSR count). The molecule has 0 unspecified atom stereocenters. The average Bonchev–Trinajstić information content (AvgIpc) is 3.28. The van der Waals surface area contributed by atoms with E-state index < -0.39 is 11.8 Å². The Morgan fingerprint density at radius 2 is 1.87 bits per heavy atom. The van der Waals surface area contributed by atoms with Crippen LogP contribution in [0.3, 0.4) is 0 Å². The molecule has 1 aliphatic rings. The summed E-state index contributed by atoms with van der Waals surface area (Å²) in [5.74, 6) is -0.568. The third kappa shape index (κ3) is 4.60. The summed E-state index contributed by atoms with van der Waals surface area (Å²) < 4.78 is 5.64. The topological polar surface area (TPSA) is 74.6 Å². The van der Waals surface area contributed by atoms with Crippen LogP contribution in [-0.4, -0.2) is 29.8 Å². The first-order valence-electron chi connectivity index (χ1n) is 10.1. The van der Waals surface area contributed by atoms with Crippen molar-refractivity contribution in [3.63, 3.8) is 0 Å². The number of nitrogens with one attached hydrogen (secondary N) is 2. The van der Waals surface area contributed by atoms with E-state index in [4.69, 9.17) is 4.42 Å². The van der Waals surface area contributed by atoms with Crippen molar-refractivity contribution >= 4 is 17.5 Å². The first-order valence-corrected chi connectivity index (χ1v) is 10.1. The van der Waals surface area contributed by atoms with Gasteiger partial charge in [0.2, 0.25) is 0 Å². The van der Waals surface area contributed by atoms with Crippen LogP contribution < -0.4 is 10.6 Å². The Balaban J connectivity index is 1.42. The average molecular weight is 403 g/mol. The number of nitrogens with zero attached hydrogens (tertiary/aromatic N) is 1. The summed E-state index contributed by atoms with van der Waals surface area (Å²) in [6.07, 6.45) is 2.57. The van der Waals surface area contributed by atoms with E-state index in [9.17, 15) is 9.59 Å². The van der Waals surface area contributed by atoms with Crippen LogP contribution in [0.2, 0.25) is 0 Å². The van der Waals surface area contributed by atoms with Gasteiger partial charge >= 0.3 is 11.8 Å². The number of carbonyl (C=O) groups is 2. The number of hydrogen-bond donors (Lipinski definition) is 2. The van der Waals surface area contributed by atoms with Crippen molar-refractivity contribution in [2.45, 2.75) is 25.9 Å². The molecule has 3 aromatic rings. The molecule has 6 heteroatoms. The molecule has 2 heterocycles. The summed E-state index contributed by atoms with van der Waals surface area (Å²) in [5, 5.41) is 5.42. The van der Waals surface area contributed by atoms with Crippen LogP contribution in [0.15, 0.2) is 71.3 Å². The molecule has 6 nitrogen and oxygen atoms in total. The van der Waals surface area contributed by atoms with Gasteiger partial charge in [-0.05, 0) is 54.3 Å². The second kappa shape index (κ2) is 8.97. The molecule has 0 radical (unpaired) electrons. The minimum atomic E-state index is -0.678. The van der Waals surface area contributed by atoms with Crippen LogP contribution in [0.25, 0.3) is 0 Å². The number of aryl methyl sites for hydroxylation is 1. The second-order valence-corrected chi connectivity index (χ2v) is 7.55. The minimum Gasteiger partial charge on any atom is -0.468 e. The third-order valence-corrected chi connectivity index (χ3v) is 5.41. The highest BCUT2D eigenvalue weighted by molar-refractivity contribution is 6.39. The molecule has 2 N–H and O–H groups in total. The van der Waals surface area contributed by atoms with Crippen molar-refractivity contribution in [1.29, 1.82) is 0 Å². The molecule has 0 saturated carbocycles. The molecule has 0 aliphatic carbocycles. The first kappa shape index (κ1) is 19.9. The quantitative estimate of drug-likeness (QED) is 0.640. The molecular weight excluding hydrogens is 378 g/mol. The lowest BCUT2D eigenvalue weighted by Crippen LogP contribution is -2.43. The number of amides is 2. The Hall–Kier alpha value is -3.38. The Labute approximate surface area is 175 Å². The lowest BCUT2D eigenvalue weighted by Gasteiger charge is -2.34. The summed E-state index contributed by atoms with van der Waals surface area (Å²) in [7, 11) is 0. The molecule has 154 valence electrons. The number of benzene rings is 2. The molecule has 30 heavy (non-hydrogen) atoms. The van der Waals surface area contributed by atoms with Gasteiger partial charge in [-0.1, -0.05) is 36.4 Å². The highest BCUT2D eigenvalue weighted by Crippen LogP contribution is 2.27. The molecule has 0 spiro atoms. The fourth-order valence-corrected chi connectivity index (χ4v) is 3.85. The van der Waals surface area contributed by atoms with Gasteiger partial charge in [-0.3, -0.25) is 14.5 Å². The van der Waals surface area contributed by atoms with Crippen LogP contribution in [0.1, 0.15) is 28.5 Å². The van der Waals surface area contributed by atoms with Crippen molar-refractivity contribution < 1.29 is 14.0 Å². The Kier molecular flexibility index (Phi) is 5.95. The van der Waals surface area contributed by atoms with Gasteiger partial charge in [-0.2, -0.15) is 0 Å². The molecule has 2 amide bonds. The minimum absolute atomic E-state index is 0.149. The van der Waals surface area contributed by atoms with Gasteiger partial charge in [0, 0.05) is 25.3 Å². The standard InChI is InChI=1S/C24H25N3O3/c1-17-6-4-9-20(14-17)26-24(29)23(28)25-15-21(22-10-5-13-30-22)27-12-11-18-7-2-3-8-19(18)16-27/h2-10,13-14,21H,11-12,15-16H2,1H3,(H,25,28)(H,26,29)/t21-/m0/s1. The highest BCUT2D eigenvalue weighted by Gasteiger charge is 2.27. The zero-order valence-electron chi connectivity index (χ0n) is 16.9. The maximum Gasteiger partial charge on any atom is 0.313 e. The van der Waals surface area contributed by atoms with Crippen LogP contribution in [-0.2, 0) is 22.6 Å². The monoisotopic (exact) mass is 403 g/mol. The number of rotatable bonds is 5. The molecule has 0 fully saturated rings. The lowest BCUT2D eigenvalue weighted by atomic mass is 9.98. The fraction of sp³-hybridized carbons (Fsp3) is 0.250. The van der Waals surface area contributed by atoms with Crippen molar-refractivity contribution in [2.75, 3.05) is 18.4 Å². The molecule has 0 bridgehead atoms. The van der Waals surface area contributed by atoms with E-state index >= 15 is 0 Å². The van der Waals surface area contributed by atoms with E-state index in [1.807, 2.05) is 43.3 Å². The zero-order chi connectivity index (χ0) is 20.9. The van der Waals surface area contributed by atoms with Crippen LogP contribution in [0.5, 0.6) is 0 Å². The second-order valence-electron chi connectivity index (χ2n) is 7.55. The Bertz CT molecular complexity index is 1030. The first-order chi connectivity index (χ1) is 14.6. The molecule has 1 atom stereocenters. The normalized spacial score (nSPS) is 14.6. The zero-order valence-corrected chi connectivity index (χ0v) is 16.9. The third-order valence-electron chi connectivity index (χ3n) is 5.41. The number of anilines is 1. The number of fused-ring (bicyclic) bond motifs is 1. The Morgan fingerprint density at radius 1 is 1.03 bits per heavy atom. The predicted molar refractivity (Wildman–Crippen MR) is 115 cm³/mol. The van der Waals surface area contributed by atoms with Gasteiger partial charge in [-0.15, -0.1) is 0 Å². The maximum atomic E-state index is 12.4. The van der Waals surface area contributed by atoms with E-state index in [-0.39, 0.29) is 12.6 Å². The van der Waals surface area contributed by atoms with Crippen molar-refractivity contribution in [3.05, 3.63) is 89.4 Å². The molecule has 1 aromatic heterocycles. The van der Waals surface area contributed by atoms with E-state index in [1.165, 1.54) is 11.1 Å². The van der Waals surface area contributed by atoms with Crippen LogP contribution >= 0.6 is 0 Å². The van der Waals surface area contributed by atoms with E-state index in [0.717, 1.165) is 30.8 Å². The summed E-state index contributed by atoms with van der Waals surface area (Å²) in [6.45, 7) is 3.84. The summed E-state index contributed by atoms with van der Waals surface area (Å²) in [4.78, 5) is 27.0. The van der Waals surface area contributed by atoms with Crippen LogP contribution in [0, 0.1) is 6.92 Å². The summed E-state index contributed by atoms with van der Waals surface area (Å²) in [5.41, 5.74) is 4.25. The van der Waals surface area contributed by atoms with Gasteiger partial charge in [0.15, 0.2) is 0 Å². The van der Waals surface area contributed by atoms with Crippen molar-refractivity contribution in [2.24, 2.45) is 0 Å². The van der Waals surface area contributed by atoms with Gasteiger partial charge in [0.05, 0.1) is 12.3 Å². The van der Waals surface area contributed by atoms with Crippen molar-refractivity contribution in [3.8, 4) is 0 Å². The molecule has 0 saturated heterocycles. The van der Waals surface area contributed by atoms with Gasteiger partial charge < -0.3 is 15.1 Å². The predicted octanol–water partition coefficient (Wildman–Crippen LogP) is 3.44. The SMILES string of the molecule is Cc1cccc(NC(=O)C(=O)NC[C@@H](c2ccco2)N2CCc3ccccc3C2)c1. The van der Waals surface area contributed by atoms with E-state index in [0.29, 0.717) is 5.69 Å². The smallest absolute Gasteiger partial charge is 0.313 e. The van der Waals surface area contributed by atoms with Crippen LogP contribution in [0.4, 0.5) is 5.69 Å². The summed E-state index contributed by atoms with van der Waals surface area (Å²) >= 11 is 0. The van der Waals surface area contributed by atoms with Crippen molar-refractivity contribution in [1.82, 2.24) is 10.2 Å².